The molecule has 0 radical (unpaired) electrons. The van der Waals surface area contributed by atoms with Crippen molar-refractivity contribution < 1.29 is 9.47 Å². The summed E-state index contributed by atoms with van der Waals surface area (Å²) in [6, 6.07) is 4.67. The van der Waals surface area contributed by atoms with Gasteiger partial charge in [0.05, 0.1) is 18.7 Å². The summed E-state index contributed by atoms with van der Waals surface area (Å²) in [6.45, 7) is 4.34. The van der Waals surface area contributed by atoms with Gasteiger partial charge in [0.2, 0.25) is 0 Å². The summed E-state index contributed by atoms with van der Waals surface area (Å²) in [5.74, 6) is 2.56. The number of rotatable bonds is 5. The third-order valence-corrected chi connectivity index (χ3v) is 6.08. The molecule has 1 N–H and O–H groups in total. The van der Waals surface area contributed by atoms with Gasteiger partial charge in [-0.05, 0) is 46.8 Å². The molecule has 4 nitrogen and oxygen atoms in total. The highest BCUT2D eigenvalue weighted by Gasteiger charge is 2.33. The van der Waals surface area contributed by atoms with Gasteiger partial charge in [-0.3, -0.25) is 4.90 Å². The van der Waals surface area contributed by atoms with Gasteiger partial charge in [-0.25, -0.2) is 0 Å². The molecule has 150 valence electrons. The van der Waals surface area contributed by atoms with Gasteiger partial charge in [0.1, 0.15) is 11.5 Å². The number of benzene rings is 1. The predicted molar refractivity (Wildman–Crippen MR) is 116 cm³/mol. The molecule has 0 spiro atoms. The Hall–Kier alpha value is -0.200. The summed E-state index contributed by atoms with van der Waals surface area (Å²) in [6.07, 6.45) is 6.71. The summed E-state index contributed by atoms with van der Waals surface area (Å²) >= 11 is 3.59. The van der Waals surface area contributed by atoms with Gasteiger partial charge in [-0.1, -0.05) is 19.3 Å². The van der Waals surface area contributed by atoms with E-state index < -0.39 is 0 Å². The third-order valence-electron chi connectivity index (χ3n) is 5.46. The average molecular weight is 470 g/mol. The molecule has 1 aliphatic heterocycles. The molecule has 3 rings (SSSR count). The number of halogens is 3. The Morgan fingerprint density at radius 1 is 1.00 bits per heavy atom. The number of hydrogen-bond acceptors (Lipinski definition) is 4. The Kier molecular flexibility index (Phi) is 10.6. The van der Waals surface area contributed by atoms with Crippen LogP contribution in [0.3, 0.4) is 0 Å². The smallest absolute Gasteiger partial charge is 0.133 e. The summed E-state index contributed by atoms with van der Waals surface area (Å²) in [5.41, 5.74) is 1.28. The number of hydrogen-bond donors (Lipinski definition) is 1. The Labute approximate surface area is 178 Å². The third kappa shape index (κ3) is 5.41. The van der Waals surface area contributed by atoms with Crippen molar-refractivity contribution in [3.8, 4) is 11.5 Å². The highest BCUT2D eigenvalue weighted by molar-refractivity contribution is 9.10. The lowest BCUT2D eigenvalue weighted by molar-refractivity contribution is 0.101. The van der Waals surface area contributed by atoms with E-state index in [4.69, 9.17) is 9.47 Å². The zero-order valence-electron chi connectivity index (χ0n) is 15.6. The van der Waals surface area contributed by atoms with Crippen molar-refractivity contribution in [2.24, 2.45) is 5.92 Å². The molecular weight excluding hydrogens is 439 g/mol. The van der Waals surface area contributed by atoms with Crippen LogP contribution in [0.25, 0.3) is 0 Å². The van der Waals surface area contributed by atoms with E-state index in [1.54, 1.807) is 14.2 Å². The Morgan fingerprint density at radius 2 is 1.62 bits per heavy atom. The normalized spacial score (nSPS) is 19.8. The zero-order valence-corrected chi connectivity index (χ0v) is 18.9. The minimum atomic E-state index is 0. The lowest BCUT2D eigenvalue weighted by atomic mass is 9.79. The number of nitrogens with one attached hydrogen (secondary N) is 1. The Morgan fingerprint density at radius 3 is 2.19 bits per heavy atom. The maximum Gasteiger partial charge on any atom is 0.133 e. The Bertz CT molecular complexity index is 533. The van der Waals surface area contributed by atoms with Crippen molar-refractivity contribution in [2.75, 3.05) is 40.4 Å². The summed E-state index contributed by atoms with van der Waals surface area (Å²) in [4.78, 5) is 2.65. The second-order valence-electron chi connectivity index (χ2n) is 6.86. The van der Waals surface area contributed by atoms with E-state index in [0.717, 1.165) is 42.2 Å². The molecule has 7 heteroatoms. The van der Waals surface area contributed by atoms with E-state index >= 15 is 0 Å². The summed E-state index contributed by atoms with van der Waals surface area (Å²) in [5, 5.41) is 3.48. The minimum absolute atomic E-state index is 0. The first-order valence-electron chi connectivity index (χ1n) is 9.10. The van der Waals surface area contributed by atoms with Crippen molar-refractivity contribution in [1.82, 2.24) is 10.2 Å². The molecule has 0 amide bonds. The average Bonchev–Trinajstić information content (AvgIpc) is 2.64. The molecule has 1 aromatic carbocycles. The number of methoxy groups -OCH3 is 2. The molecule has 1 saturated carbocycles. The van der Waals surface area contributed by atoms with Crippen LogP contribution < -0.4 is 14.8 Å². The highest BCUT2D eigenvalue weighted by atomic mass is 79.9. The van der Waals surface area contributed by atoms with Crippen molar-refractivity contribution in [3.05, 3.63) is 22.2 Å². The minimum Gasteiger partial charge on any atom is -0.496 e. The van der Waals surface area contributed by atoms with Crippen LogP contribution >= 0.6 is 40.7 Å². The van der Waals surface area contributed by atoms with E-state index in [1.165, 1.54) is 37.7 Å². The predicted octanol–water partition coefficient (Wildman–Crippen LogP) is 4.84. The first-order chi connectivity index (χ1) is 11.7. The maximum atomic E-state index is 5.76. The zero-order chi connectivity index (χ0) is 16.9. The number of ether oxygens (including phenoxy) is 2. The van der Waals surface area contributed by atoms with Crippen molar-refractivity contribution in [2.45, 2.75) is 38.1 Å². The fourth-order valence-corrected chi connectivity index (χ4v) is 4.76. The highest BCUT2D eigenvalue weighted by Crippen LogP contribution is 2.44. The second-order valence-corrected chi connectivity index (χ2v) is 7.71. The van der Waals surface area contributed by atoms with Crippen LogP contribution in [-0.4, -0.2) is 45.3 Å². The summed E-state index contributed by atoms with van der Waals surface area (Å²) < 4.78 is 12.3. The molecule has 1 heterocycles. The first-order valence-corrected chi connectivity index (χ1v) is 9.90. The van der Waals surface area contributed by atoms with Crippen LogP contribution in [0.5, 0.6) is 11.5 Å². The molecule has 2 fully saturated rings. The van der Waals surface area contributed by atoms with Gasteiger partial charge in [0.25, 0.3) is 0 Å². The topological polar surface area (TPSA) is 33.7 Å². The van der Waals surface area contributed by atoms with Gasteiger partial charge < -0.3 is 14.8 Å². The SMILES string of the molecule is COc1cc([C@@H](C2CCCCC2)N2CCNCC2)c(OC)cc1Br.Cl.Cl. The number of piperazine rings is 1. The molecule has 26 heavy (non-hydrogen) atoms. The van der Waals surface area contributed by atoms with Crippen LogP contribution in [0.1, 0.15) is 43.7 Å². The van der Waals surface area contributed by atoms with Gasteiger partial charge in [-0.2, -0.15) is 0 Å². The molecule has 1 aliphatic carbocycles. The van der Waals surface area contributed by atoms with Crippen LogP contribution in [0.4, 0.5) is 0 Å². The lowest BCUT2D eigenvalue weighted by Crippen LogP contribution is -2.47. The van der Waals surface area contributed by atoms with Gasteiger partial charge >= 0.3 is 0 Å². The molecule has 1 aromatic rings. The van der Waals surface area contributed by atoms with Gasteiger partial charge in [-0.15, -0.1) is 24.8 Å². The fraction of sp³-hybridized carbons (Fsp3) is 0.684. The molecule has 0 aromatic heterocycles. The van der Waals surface area contributed by atoms with Gasteiger partial charge in [0, 0.05) is 37.8 Å². The van der Waals surface area contributed by atoms with Crippen LogP contribution in [-0.2, 0) is 0 Å². The van der Waals surface area contributed by atoms with E-state index in [1.807, 2.05) is 0 Å². The quantitative estimate of drug-likeness (QED) is 0.669. The molecular formula is C19H31BrCl2N2O2. The van der Waals surface area contributed by atoms with E-state index in [2.05, 4.69) is 38.3 Å². The molecule has 2 aliphatic rings. The first kappa shape index (κ1) is 23.8. The monoisotopic (exact) mass is 468 g/mol. The van der Waals surface area contributed by atoms with Crippen molar-refractivity contribution >= 4 is 40.7 Å². The van der Waals surface area contributed by atoms with E-state index in [9.17, 15) is 0 Å². The van der Waals surface area contributed by atoms with Crippen LogP contribution in [0, 0.1) is 5.92 Å². The summed E-state index contributed by atoms with van der Waals surface area (Å²) in [7, 11) is 3.50. The Balaban J connectivity index is 0.00000169. The fourth-order valence-electron chi connectivity index (χ4n) is 4.27. The van der Waals surface area contributed by atoms with Crippen LogP contribution in [0.15, 0.2) is 16.6 Å². The lowest BCUT2D eigenvalue weighted by Gasteiger charge is -2.41. The molecule has 1 saturated heterocycles. The molecule has 0 unspecified atom stereocenters. The maximum absolute atomic E-state index is 5.76. The largest absolute Gasteiger partial charge is 0.496 e. The standard InChI is InChI=1S/C19H29BrN2O2.2ClH/c1-23-17-13-16(20)18(24-2)12-15(17)19(14-6-4-3-5-7-14)22-10-8-21-9-11-22;;/h12-14,19,21H,3-11H2,1-2H3;2*1H/t19-;;/m1../s1. The molecule has 0 bridgehead atoms. The van der Waals surface area contributed by atoms with Crippen molar-refractivity contribution in [1.29, 1.82) is 0 Å². The van der Waals surface area contributed by atoms with Gasteiger partial charge in [0.15, 0.2) is 0 Å². The second kappa shape index (κ2) is 11.6. The van der Waals surface area contributed by atoms with Crippen molar-refractivity contribution in [3.63, 3.8) is 0 Å². The number of nitrogens with zero attached hydrogens (tertiary/aromatic N) is 1. The molecule has 1 atom stereocenters. The van der Waals surface area contributed by atoms with Crippen LogP contribution in [0.2, 0.25) is 0 Å². The van der Waals surface area contributed by atoms with E-state index in [0.29, 0.717) is 12.0 Å². The van der Waals surface area contributed by atoms with E-state index in [-0.39, 0.29) is 24.8 Å².